The molecule has 1 aromatic rings. The third-order valence-electron chi connectivity index (χ3n) is 3.15. The molecule has 0 aliphatic carbocycles. The fourth-order valence-electron chi connectivity index (χ4n) is 2.25. The highest BCUT2D eigenvalue weighted by Crippen LogP contribution is 2.26. The predicted molar refractivity (Wildman–Crippen MR) is 62.1 cm³/mol. The van der Waals surface area contributed by atoms with Crippen molar-refractivity contribution in [1.29, 1.82) is 0 Å². The van der Waals surface area contributed by atoms with Crippen molar-refractivity contribution in [3.63, 3.8) is 0 Å². The minimum atomic E-state index is 0.725. The molecule has 0 radical (unpaired) electrons. The van der Waals surface area contributed by atoms with E-state index < -0.39 is 0 Å². The SMILES string of the molecule is COCCN1CC[C@@H](c2ccccc2)C1. The van der Waals surface area contributed by atoms with Crippen molar-refractivity contribution in [1.82, 2.24) is 4.90 Å². The summed E-state index contributed by atoms with van der Waals surface area (Å²) in [6.45, 7) is 4.32. The molecule has 2 nitrogen and oxygen atoms in total. The van der Waals surface area contributed by atoms with E-state index in [1.807, 2.05) is 0 Å². The van der Waals surface area contributed by atoms with Gasteiger partial charge in [0.15, 0.2) is 0 Å². The molecule has 0 bridgehead atoms. The molecule has 1 saturated heterocycles. The Morgan fingerprint density at radius 2 is 2.13 bits per heavy atom. The molecule has 1 fully saturated rings. The van der Waals surface area contributed by atoms with Crippen molar-refractivity contribution in [2.24, 2.45) is 0 Å². The fraction of sp³-hybridized carbons (Fsp3) is 0.538. The van der Waals surface area contributed by atoms with Gasteiger partial charge in [0, 0.05) is 20.2 Å². The molecule has 2 heteroatoms. The summed E-state index contributed by atoms with van der Waals surface area (Å²) in [7, 11) is 1.77. The van der Waals surface area contributed by atoms with Crippen LogP contribution >= 0.6 is 0 Å². The Bertz CT molecular complexity index is 286. The normalized spacial score (nSPS) is 22.1. The van der Waals surface area contributed by atoms with E-state index in [2.05, 4.69) is 35.2 Å². The maximum Gasteiger partial charge on any atom is 0.0589 e. The summed E-state index contributed by atoms with van der Waals surface area (Å²) in [6.07, 6.45) is 1.29. The molecular formula is C13H19NO. The molecule has 1 aliphatic rings. The van der Waals surface area contributed by atoms with Gasteiger partial charge >= 0.3 is 0 Å². The molecule has 0 aromatic heterocycles. The van der Waals surface area contributed by atoms with Crippen molar-refractivity contribution >= 4 is 0 Å². The summed E-state index contributed by atoms with van der Waals surface area (Å²) in [5.41, 5.74) is 1.48. The smallest absolute Gasteiger partial charge is 0.0589 e. The topological polar surface area (TPSA) is 12.5 Å². The summed E-state index contributed by atoms with van der Waals surface area (Å²) in [5, 5.41) is 0. The van der Waals surface area contributed by atoms with Crippen LogP contribution in [-0.2, 0) is 4.74 Å². The van der Waals surface area contributed by atoms with E-state index in [-0.39, 0.29) is 0 Å². The Hall–Kier alpha value is -0.860. The number of likely N-dealkylation sites (tertiary alicyclic amines) is 1. The number of hydrogen-bond acceptors (Lipinski definition) is 2. The van der Waals surface area contributed by atoms with Gasteiger partial charge in [-0.05, 0) is 24.4 Å². The summed E-state index contributed by atoms with van der Waals surface area (Å²) in [5.74, 6) is 0.725. The standard InChI is InChI=1S/C13H19NO/c1-15-10-9-14-8-7-13(11-14)12-5-3-2-4-6-12/h2-6,13H,7-11H2,1H3/t13-/m1/s1. The lowest BCUT2D eigenvalue weighted by atomic mass is 9.99. The molecule has 1 heterocycles. The van der Waals surface area contributed by atoms with Crippen molar-refractivity contribution in [3.05, 3.63) is 35.9 Å². The van der Waals surface area contributed by atoms with Crippen LogP contribution in [0.1, 0.15) is 17.9 Å². The van der Waals surface area contributed by atoms with Gasteiger partial charge in [0.1, 0.15) is 0 Å². The van der Waals surface area contributed by atoms with Crippen molar-refractivity contribution in [3.8, 4) is 0 Å². The Balaban J connectivity index is 1.87. The number of ether oxygens (including phenoxy) is 1. The second-order valence-corrected chi connectivity index (χ2v) is 4.19. The molecule has 82 valence electrons. The van der Waals surface area contributed by atoms with Crippen LogP contribution in [0.5, 0.6) is 0 Å². The zero-order valence-corrected chi connectivity index (χ0v) is 9.36. The molecule has 0 saturated carbocycles. The molecule has 0 amide bonds. The second-order valence-electron chi connectivity index (χ2n) is 4.19. The van der Waals surface area contributed by atoms with Gasteiger partial charge in [-0.25, -0.2) is 0 Å². The highest BCUT2D eigenvalue weighted by molar-refractivity contribution is 5.20. The second kappa shape index (κ2) is 5.29. The predicted octanol–water partition coefficient (Wildman–Crippen LogP) is 2.12. The lowest BCUT2D eigenvalue weighted by Crippen LogP contribution is -2.24. The molecule has 0 spiro atoms. The van der Waals surface area contributed by atoms with E-state index in [4.69, 9.17) is 4.74 Å². The van der Waals surface area contributed by atoms with E-state index in [1.165, 1.54) is 25.1 Å². The van der Waals surface area contributed by atoms with Gasteiger partial charge in [-0.1, -0.05) is 30.3 Å². The van der Waals surface area contributed by atoms with Crippen LogP contribution in [0.2, 0.25) is 0 Å². The minimum Gasteiger partial charge on any atom is -0.383 e. The highest BCUT2D eigenvalue weighted by Gasteiger charge is 2.22. The van der Waals surface area contributed by atoms with Crippen LogP contribution in [0.3, 0.4) is 0 Å². The maximum atomic E-state index is 5.10. The highest BCUT2D eigenvalue weighted by atomic mass is 16.5. The first-order valence-corrected chi connectivity index (χ1v) is 5.66. The van der Waals surface area contributed by atoms with Gasteiger partial charge < -0.3 is 9.64 Å². The van der Waals surface area contributed by atoms with E-state index in [0.29, 0.717) is 0 Å². The van der Waals surface area contributed by atoms with Gasteiger partial charge in [0.05, 0.1) is 6.61 Å². The first-order valence-electron chi connectivity index (χ1n) is 5.66. The first-order chi connectivity index (χ1) is 7.40. The third-order valence-corrected chi connectivity index (χ3v) is 3.15. The molecule has 1 atom stereocenters. The van der Waals surface area contributed by atoms with Gasteiger partial charge in [-0.3, -0.25) is 0 Å². The Labute approximate surface area is 91.9 Å². The average Bonchev–Trinajstić information content (AvgIpc) is 2.76. The Morgan fingerprint density at radius 1 is 1.33 bits per heavy atom. The van der Waals surface area contributed by atoms with Crippen molar-refractivity contribution in [2.75, 3.05) is 33.4 Å². The average molecular weight is 205 g/mol. The number of rotatable bonds is 4. The lowest BCUT2D eigenvalue weighted by Gasteiger charge is -2.15. The summed E-state index contributed by atoms with van der Waals surface area (Å²) in [6, 6.07) is 10.8. The lowest BCUT2D eigenvalue weighted by molar-refractivity contribution is 0.160. The summed E-state index contributed by atoms with van der Waals surface area (Å²) in [4.78, 5) is 2.49. The Kier molecular flexibility index (Phi) is 3.75. The zero-order valence-electron chi connectivity index (χ0n) is 9.36. The van der Waals surface area contributed by atoms with Gasteiger partial charge in [0.2, 0.25) is 0 Å². The summed E-state index contributed by atoms with van der Waals surface area (Å²) < 4.78 is 5.10. The first kappa shape index (κ1) is 10.7. The number of hydrogen-bond donors (Lipinski definition) is 0. The van der Waals surface area contributed by atoms with Gasteiger partial charge in [-0.2, -0.15) is 0 Å². The number of benzene rings is 1. The molecule has 0 unspecified atom stereocenters. The van der Waals surface area contributed by atoms with Crippen molar-refractivity contribution < 1.29 is 4.74 Å². The van der Waals surface area contributed by atoms with E-state index >= 15 is 0 Å². The van der Waals surface area contributed by atoms with Crippen molar-refractivity contribution in [2.45, 2.75) is 12.3 Å². The summed E-state index contributed by atoms with van der Waals surface area (Å²) >= 11 is 0. The largest absolute Gasteiger partial charge is 0.383 e. The molecule has 1 aliphatic heterocycles. The van der Waals surface area contributed by atoms with Crippen LogP contribution in [0, 0.1) is 0 Å². The van der Waals surface area contributed by atoms with Gasteiger partial charge in [0.25, 0.3) is 0 Å². The maximum absolute atomic E-state index is 5.10. The van der Waals surface area contributed by atoms with E-state index in [1.54, 1.807) is 7.11 Å². The molecule has 2 rings (SSSR count). The molecular weight excluding hydrogens is 186 g/mol. The number of nitrogens with zero attached hydrogens (tertiary/aromatic N) is 1. The zero-order chi connectivity index (χ0) is 10.5. The monoisotopic (exact) mass is 205 g/mol. The van der Waals surface area contributed by atoms with Crippen LogP contribution in [0.25, 0.3) is 0 Å². The van der Waals surface area contributed by atoms with Crippen LogP contribution in [0.4, 0.5) is 0 Å². The van der Waals surface area contributed by atoms with Crippen LogP contribution in [-0.4, -0.2) is 38.3 Å². The minimum absolute atomic E-state index is 0.725. The quantitative estimate of drug-likeness (QED) is 0.746. The fourth-order valence-corrected chi connectivity index (χ4v) is 2.25. The van der Waals surface area contributed by atoms with Crippen LogP contribution < -0.4 is 0 Å². The Morgan fingerprint density at radius 3 is 2.87 bits per heavy atom. The van der Waals surface area contributed by atoms with E-state index in [9.17, 15) is 0 Å². The molecule has 0 N–H and O–H groups in total. The third kappa shape index (κ3) is 2.80. The van der Waals surface area contributed by atoms with Crippen LogP contribution in [0.15, 0.2) is 30.3 Å². The molecule has 1 aromatic carbocycles. The van der Waals surface area contributed by atoms with E-state index in [0.717, 1.165) is 19.1 Å². The number of methoxy groups -OCH3 is 1. The molecule has 15 heavy (non-hydrogen) atoms. The van der Waals surface area contributed by atoms with Gasteiger partial charge in [-0.15, -0.1) is 0 Å².